The average molecular weight is 856 g/mol. The summed E-state index contributed by atoms with van der Waals surface area (Å²) >= 11 is 0. The van der Waals surface area contributed by atoms with Gasteiger partial charge in [-0.1, -0.05) is 133 Å². The molecule has 0 amide bonds. The summed E-state index contributed by atoms with van der Waals surface area (Å²) in [6.45, 7) is 0. The van der Waals surface area contributed by atoms with Crippen molar-refractivity contribution in [2.75, 3.05) is 0 Å². The SMILES string of the molecule is c1ccc2c(-c3cccc4c3oc3ccccc34)nc(-c3cc(-c4nc(-c5cccc6c5oc5ccccc56)c5ccccc5n4)cc(-n4c5cccc6ccc7cccc4c7c65)c3)nc2c1. The molecule has 0 saturated carbocycles. The quantitative estimate of drug-likeness (QED) is 0.160. The van der Waals surface area contributed by atoms with Gasteiger partial charge in [0.25, 0.3) is 0 Å². The Bertz CT molecular complexity index is 4260. The molecule has 10 aromatic carbocycles. The smallest absolute Gasteiger partial charge is 0.160 e. The van der Waals surface area contributed by atoms with Crippen molar-refractivity contribution in [3.63, 3.8) is 0 Å². The predicted molar refractivity (Wildman–Crippen MR) is 272 cm³/mol. The van der Waals surface area contributed by atoms with Crippen LogP contribution in [0.2, 0.25) is 0 Å². The largest absolute Gasteiger partial charge is 0.455 e. The molecule has 0 radical (unpaired) electrons. The lowest BCUT2D eigenvalue weighted by Crippen LogP contribution is -2.01. The van der Waals surface area contributed by atoms with Crippen LogP contribution < -0.4 is 0 Å². The molecule has 5 aromatic heterocycles. The van der Waals surface area contributed by atoms with E-state index in [9.17, 15) is 0 Å². The standard InChI is InChI=1S/C60H33N5O2/c1-5-23-47-43(17-1)55(45-21-11-19-41-39-15-3-7-27-51(39)66-57(41)45)63-59(61-47)36-31-37(33-38(32-36)65-49-25-9-13-34-29-30-35-14-10-26-50(65)54(35)53(34)49)60-62-48-24-6-2-18-44(48)56(64-60)46-22-12-20-42-40-16-4-8-28-52(40)67-58(42)46/h1-33H. The molecule has 310 valence electrons. The van der Waals surface area contributed by atoms with Crippen molar-refractivity contribution < 1.29 is 8.83 Å². The zero-order valence-corrected chi connectivity index (χ0v) is 35.6. The zero-order chi connectivity index (χ0) is 43.7. The molecule has 0 fully saturated rings. The van der Waals surface area contributed by atoms with Crippen LogP contribution >= 0.6 is 0 Å². The maximum atomic E-state index is 6.62. The van der Waals surface area contributed by atoms with E-state index in [0.717, 1.165) is 116 Å². The van der Waals surface area contributed by atoms with Gasteiger partial charge >= 0.3 is 0 Å². The van der Waals surface area contributed by atoms with Gasteiger partial charge in [-0.2, -0.15) is 0 Å². The number of hydrogen-bond donors (Lipinski definition) is 0. The fourth-order valence-electron chi connectivity index (χ4n) is 10.6. The number of hydrogen-bond acceptors (Lipinski definition) is 6. The van der Waals surface area contributed by atoms with Gasteiger partial charge in [0.05, 0.1) is 33.5 Å². The van der Waals surface area contributed by atoms with Crippen LogP contribution in [0.5, 0.6) is 0 Å². The minimum Gasteiger partial charge on any atom is -0.455 e. The van der Waals surface area contributed by atoms with Crippen molar-refractivity contribution in [2.45, 2.75) is 0 Å². The van der Waals surface area contributed by atoms with Crippen molar-refractivity contribution in [1.29, 1.82) is 0 Å². The highest BCUT2D eigenvalue weighted by Crippen LogP contribution is 2.43. The Morgan fingerprint density at radius 3 is 1.28 bits per heavy atom. The Morgan fingerprint density at radius 2 is 0.776 bits per heavy atom. The highest BCUT2D eigenvalue weighted by Gasteiger charge is 2.23. The Balaban J connectivity index is 1.02. The fraction of sp³-hybridized carbons (Fsp3) is 0. The Morgan fingerprint density at radius 1 is 0.343 bits per heavy atom. The molecule has 67 heavy (non-hydrogen) atoms. The van der Waals surface area contributed by atoms with Crippen molar-refractivity contribution in [1.82, 2.24) is 24.5 Å². The monoisotopic (exact) mass is 855 g/mol. The summed E-state index contributed by atoms with van der Waals surface area (Å²) in [5, 5.41) is 10.9. The van der Waals surface area contributed by atoms with Gasteiger partial charge in [-0.3, -0.25) is 0 Å². The highest BCUT2D eigenvalue weighted by atomic mass is 16.3. The van der Waals surface area contributed by atoms with Gasteiger partial charge < -0.3 is 13.4 Å². The van der Waals surface area contributed by atoms with Crippen LogP contribution in [-0.4, -0.2) is 24.5 Å². The molecular formula is C60H33N5O2. The molecule has 7 nitrogen and oxygen atoms in total. The van der Waals surface area contributed by atoms with E-state index >= 15 is 0 Å². The molecule has 0 unspecified atom stereocenters. The first-order chi connectivity index (χ1) is 33.2. The van der Waals surface area contributed by atoms with E-state index in [1.807, 2.05) is 60.7 Å². The van der Waals surface area contributed by atoms with Gasteiger partial charge in [0, 0.05) is 71.0 Å². The molecule has 0 aliphatic rings. The van der Waals surface area contributed by atoms with Crippen LogP contribution in [0.15, 0.2) is 209 Å². The van der Waals surface area contributed by atoms with E-state index in [0.29, 0.717) is 11.6 Å². The molecule has 0 bridgehead atoms. The third-order valence-electron chi connectivity index (χ3n) is 13.5. The van der Waals surface area contributed by atoms with Crippen LogP contribution in [0, 0.1) is 0 Å². The summed E-state index contributed by atoms with van der Waals surface area (Å²) in [6, 6.07) is 69.5. The molecule has 0 aliphatic carbocycles. The van der Waals surface area contributed by atoms with Crippen LogP contribution in [-0.2, 0) is 0 Å². The maximum Gasteiger partial charge on any atom is 0.160 e. The zero-order valence-electron chi connectivity index (χ0n) is 35.6. The van der Waals surface area contributed by atoms with E-state index in [-0.39, 0.29) is 0 Å². The summed E-state index contributed by atoms with van der Waals surface area (Å²) in [7, 11) is 0. The lowest BCUT2D eigenvalue weighted by molar-refractivity contribution is 0.669. The Kier molecular flexibility index (Phi) is 7.37. The van der Waals surface area contributed by atoms with Gasteiger partial charge in [0.15, 0.2) is 11.6 Å². The highest BCUT2D eigenvalue weighted by molar-refractivity contribution is 6.24. The third-order valence-corrected chi connectivity index (χ3v) is 13.5. The summed E-state index contributed by atoms with van der Waals surface area (Å²) < 4.78 is 15.6. The number of aromatic nitrogens is 5. The first-order valence-electron chi connectivity index (χ1n) is 22.5. The number of rotatable bonds is 5. The normalized spacial score (nSPS) is 12.2. The predicted octanol–water partition coefficient (Wildman–Crippen LogP) is 15.7. The molecule has 0 atom stereocenters. The second-order valence-corrected chi connectivity index (χ2v) is 17.3. The molecule has 0 saturated heterocycles. The van der Waals surface area contributed by atoms with Crippen molar-refractivity contribution in [3.8, 4) is 51.0 Å². The van der Waals surface area contributed by atoms with Gasteiger partial charge in [-0.25, -0.2) is 19.9 Å². The second kappa shape index (κ2) is 13.7. The lowest BCUT2D eigenvalue weighted by atomic mass is 10.0. The Labute approximate surface area is 381 Å². The average Bonchev–Trinajstić information content (AvgIpc) is 4.08. The first kappa shape index (κ1) is 36.2. The molecular weight excluding hydrogens is 823 g/mol. The van der Waals surface area contributed by atoms with E-state index in [2.05, 4.69) is 144 Å². The number of fused-ring (bicyclic) bond motifs is 8. The van der Waals surface area contributed by atoms with E-state index in [1.54, 1.807) is 0 Å². The lowest BCUT2D eigenvalue weighted by Gasteiger charge is -2.15. The number of para-hydroxylation sites is 6. The minimum atomic E-state index is 0.575. The van der Waals surface area contributed by atoms with E-state index in [1.165, 1.54) is 21.5 Å². The molecule has 0 spiro atoms. The van der Waals surface area contributed by atoms with E-state index in [4.69, 9.17) is 28.8 Å². The molecule has 0 N–H and O–H groups in total. The van der Waals surface area contributed by atoms with Crippen molar-refractivity contribution >= 4 is 98.3 Å². The first-order valence-corrected chi connectivity index (χ1v) is 22.5. The Hall–Kier alpha value is -9.20. The number of nitrogens with zero attached hydrogens (tertiary/aromatic N) is 5. The summed E-state index contributed by atoms with van der Waals surface area (Å²) in [5.41, 5.74) is 13.1. The van der Waals surface area contributed by atoms with Crippen LogP contribution in [0.3, 0.4) is 0 Å². The van der Waals surface area contributed by atoms with Gasteiger partial charge in [0.1, 0.15) is 22.3 Å². The number of benzene rings is 10. The van der Waals surface area contributed by atoms with Crippen molar-refractivity contribution in [3.05, 3.63) is 200 Å². The van der Waals surface area contributed by atoms with E-state index < -0.39 is 0 Å². The second-order valence-electron chi connectivity index (χ2n) is 17.3. The minimum absolute atomic E-state index is 0.575. The maximum absolute atomic E-state index is 6.62. The molecule has 15 rings (SSSR count). The third kappa shape index (κ3) is 5.28. The molecule has 0 aliphatic heterocycles. The summed E-state index contributed by atoms with van der Waals surface area (Å²) in [5.74, 6) is 1.15. The van der Waals surface area contributed by atoms with Crippen LogP contribution in [0.1, 0.15) is 0 Å². The summed E-state index contributed by atoms with van der Waals surface area (Å²) in [4.78, 5) is 21.7. The number of furan rings is 2. The van der Waals surface area contributed by atoms with Crippen LogP contribution in [0.25, 0.3) is 149 Å². The molecule has 5 heterocycles. The molecule has 7 heteroatoms. The fourth-order valence-corrected chi connectivity index (χ4v) is 10.6. The van der Waals surface area contributed by atoms with Crippen molar-refractivity contribution in [2.24, 2.45) is 0 Å². The topological polar surface area (TPSA) is 82.8 Å². The van der Waals surface area contributed by atoms with Gasteiger partial charge in [0.2, 0.25) is 0 Å². The van der Waals surface area contributed by atoms with Crippen LogP contribution in [0.4, 0.5) is 0 Å². The van der Waals surface area contributed by atoms with Gasteiger partial charge in [-0.05, 0) is 77.5 Å². The summed E-state index contributed by atoms with van der Waals surface area (Å²) in [6.07, 6.45) is 0. The molecule has 15 aromatic rings. The van der Waals surface area contributed by atoms with Gasteiger partial charge in [-0.15, -0.1) is 0 Å².